The lowest BCUT2D eigenvalue weighted by atomic mass is 9.97. The van der Waals surface area contributed by atoms with Crippen LogP contribution in [0.2, 0.25) is 5.02 Å². The lowest BCUT2D eigenvalue weighted by Gasteiger charge is -2.25. The number of hydrogen-bond donors (Lipinski definition) is 1. The Bertz CT molecular complexity index is 402. The molecule has 0 radical (unpaired) electrons. The fourth-order valence-electron chi connectivity index (χ4n) is 2.69. The van der Waals surface area contributed by atoms with Crippen molar-refractivity contribution >= 4 is 11.6 Å². The summed E-state index contributed by atoms with van der Waals surface area (Å²) in [6.07, 6.45) is 6.42. The van der Waals surface area contributed by atoms with E-state index < -0.39 is 0 Å². The average Bonchev–Trinajstić information content (AvgIpc) is 2.44. The Labute approximate surface area is 121 Å². The van der Waals surface area contributed by atoms with Gasteiger partial charge in [0.05, 0.1) is 6.10 Å². The van der Waals surface area contributed by atoms with Crippen molar-refractivity contribution in [3.05, 3.63) is 34.3 Å². The second kappa shape index (κ2) is 7.28. The van der Waals surface area contributed by atoms with E-state index in [4.69, 9.17) is 16.3 Å². The molecular weight excluding hydrogens is 258 g/mol. The van der Waals surface area contributed by atoms with Gasteiger partial charge in [0.1, 0.15) is 0 Å². The van der Waals surface area contributed by atoms with Gasteiger partial charge in [0.2, 0.25) is 0 Å². The molecule has 0 aliphatic carbocycles. The van der Waals surface area contributed by atoms with E-state index in [1.807, 2.05) is 14.0 Å². The molecule has 1 saturated heterocycles. The number of benzene rings is 1. The SMILES string of the molecule is CNC(CCC1CCCCO1)c1ccc(C)c(Cl)c1. The van der Waals surface area contributed by atoms with Gasteiger partial charge in [-0.05, 0) is 63.3 Å². The first-order valence-corrected chi connectivity index (χ1v) is 7.63. The van der Waals surface area contributed by atoms with Gasteiger partial charge in [-0.15, -0.1) is 0 Å². The summed E-state index contributed by atoms with van der Waals surface area (Å²) < 4.78 is 5.80. The van der Waals surface area contributed by atoms with E-state index in [1.54, 1.807) is 0 Å². The number of halogens is 1. The average molecular weight is 282 g/mol. The molecule has 2 unspecified atom stereocenters. The highest BCUT2D eigenvalue weighted by Gasteiger charge is 2.17. The van der Waals surface area contributed by atoms with E-state index >= 15 is 0 Å². The summed E-state index contributed by atoms with van der Waals surface area (Å²) in [5.41, 5.74) is 2.41. The molecule has 1 aromatic rings. The summed E-state index contributed by atoms with van der Waals surface area (Å²) in [6.45, 7) is 2.97. The minimum Gasteiger partial charge on any atom is -0.378 e. The number of aryl methyl sites for hydroxylation is 1. The van der Waals surface area contributed by atoms with Crippen LogP contribution in [0.3, 0.4) is 0 Å². The summed E-state index contributed by atoms with van der Waals surface area (Å²) in [5.74, 6) is 0. The van der Waals surface area contributed by atoms with Crippen LogP contribution >= 0.6 is 11.6 Å². The Morgan fingerprint density at radius 1 is 1.42 bits per heavy atom. The maximum Gasteiger partial charge on any atom is 0.0575 e. The Kier molecular flexibility index (Phi) is 5.68. The molecule has 2 nitrogen and oxygen atoms in total. The molecule has 1 aromatic carbocycles. The van der Waals surface area contributed by atoms with Crippen LogP contribution in [0.5, 0.6) is 0 Å². The predicted molar refractivity (Wildman–Crippen MR) is 80.8 cm³/mol. The van der Waals surface area contributed by atoms with E-state index in [0.29, 0.717) is 12.1 Å². The first-order chi connectivity index (χ1) is 9.20. The van der Waals surface area contributed by atoms with Crippen LogP contribution in [0, 0.1) is 6.92 Å². The maximum absolute atomic E-state index is 6.21. The summed E-state index contributed by atoms with van der Waals surface area (Å²) in [4.78, 5) is 0. The minimum absolute atomic E-state index is 0.364. The molecule has 19 heavy (non-hydrogen) atoms. The van der Waals surface area contributed by atoms with Gasteiger partial charge < -0.3 is 10.1 Å². The monoisotopic (exact) mass is 281 g/mol. The Balaban J connectivity index is 1.93. The molecule has 0 saturated carbocycles. The van der Waals surface area contributed by atoms with Gasteiger partial charge in [0.15, 0.2) is 0 Å². The lowest BCUT2D eigenvalue weighted by molar-refractivity contribution is 0.00866. The number of nitrogens with one attached hydrogen (secondary N) is 1. The molecule has 2 atom stereocenters. The molecule has 1 fully saturated rings. The first kappa shape index (κ1) is 14.8. The van der Waals surface area contributed by atoms with Crippen LogP contribution in [-0.4, -0.2) is 19.8 Å². The molecule has 0 spiro atoms. The molecule has 1 aliphatic heterocycles. The third kappa shape index (κ3) is 4.20. The summed E-state index contributed by atoms with van der Waals surface area (Å²) >= 11 is 6.21. The number of ether oxygens (including phenoxy) is 1. The number of hydrogen-bond acceptors (Lipinski definition) is 2. The van der Waals surface area contributed by atoms with Gasteiger partial charge in [0, 0.05) is 17.7 Å². The zero-order valence-corrected chi connectivity index (χ0v) is 12.7. The molecule has 0 amide bonds. The quantitative estimate of drug-likeness (QED) is 0.871. The van der Waals surface area contributed by atoms with Crippen molar-refractivity contribution in [1.29, 1.82) is 0 Å². The normalized spacial score (nSPS) is 21.3. The van der Waals surface area contributed by atoms with E-state index in [-0.39, 0.29) is 0 Å². The minimum atomic E-state index is 0.364. The fraction of sp³-hybridized carbons (Fsp3) is 0.625. The third-order valence-electron chi connectivity index (χ3n) is 4.00. The van der Waals surface area contributed by atoms with Crippen molar-refractivity contribution < 1.29 is 4.74 Å². The van der Waals surface area contributed by atoms with Gasteiger partial charge in [-0.3, -0.25) is 0 Å². The van der Waals surface area contributed by atoms with Crippen LogP contribution in [0.4, 0.5) is 0 Å². The maximum atomic E-state index is 6.21. The molecule has 0 aromatic heterocycles. The van der Waals surface area contributed by atoms with Crippen molar-refractivity contribution in [3.8, 4) is 0 Å². The topological polar surface area (TPSA) is 21.3 Å². The van der Waals surface area contributed by atoms with Crippen LogP contribution < -0.4 is 5.32 Å². The molecule has 0 bridgehead atoms. The largest absolute Gasteiger partial charge is 0.378 e. The Morgan fingerprint density at radius 2 is 2.26 bits per heavy atom. The van der Waals surface area contributed by atoms with E-state index in [2.05, 4.69) is 23.5 Å². The van der Waals surface area contributed by atoms with Gasteiger partial charge in [-0.25, -0.2) is 0 Å². The van der Waals surface area contributed by atoms with Gasteiger partial charge in [-0.1, -0.05) is 23.7 Å². The molecule has 3 heteroatoms. The smallest absolute Gasteiger partial charge is 0.0575 e. The van der Waals surface area contributed by atoms with Crippen molar-refractivity contribution in [1.82, 2.24) is 5.32 Å². The van der Waals surface area contributed by atoms with Crippen LogP contribution in [-0.2, 0) is 4.74 Å². The zero-order valence-electron chi connectivity index (χ0n) is 11.9. The van der Waals surface area contributed by atoms with Crippen LogP contribution in [0.25, 0.3) is 0 Å². The summed E-state index contributed by atoms with van der Waals surface area (Å²) in [5, 5.41) is 4.24. The summed E-state index contributed by atoms with van der Waals surface area (Å²) in [7, 11) is 2.01. The van der Waals surface area contributed by atoms with Crippen LogP contribution in [0.15, 0.2) is 18.2 Å². The highest BCUT2D eigenvalue weighted by Crippen LogP contribution is 2.26. The Hall–Kier alpha value is -0.570. The molecule has 1 N–H and O–H groups in total. The molecule has 106 valence electrons. The van der Waals surface area contributed by atoms with Crippen molar-refractivity contribution in [2.75, 3.05) is 13.7 Å². The van der Waals surface area contributed by atoms with Gasteiger partial charge >= 0.3 is 0 Å². The Morgan fingerprint density at radius 3 is 2.89 bits per heavy atom. The molecule has 2 rings (SSSR count). The molecule has 1 heterocycles. The van der Waals surface area contributed by atoms with E-state index in [0.717, 1.165) is 30.0 Å². The first-order valence-electron chi connectivity index (χ1n) is 7.25. The molecular formula is C16H24ClNO. The van der Waals surface area contributed by atoms with Crippen LogP contribution in [0.1, 0.15) is 49.3 Å². The second-order valence-electron chi connectivity index (χ2n) is 5.42. The number of rotatable bonds is 5. The van der Waals surface area contributed by atoms with Crippen molar-refractivity contribution in [2.24, 2.45) is 0 Å². The summed E-state index contributed by atoms with van der Waals surface area (Å²) in [6, 6.07) is 6.71. The molecule has 1 aliphatic rings. The van der Waals surface area contributed by atoms with Crippen molar-refractivity contribution in [3.63, 3.8) is 0 Å². The predicted octanol–water partition coefficient (Wildman–Crippen LogP) is 4.26. The zero-order chi connectivity index (χ0) is 13.7. The highest BCUT2D eigenvalue weighted by molar-refractivity contribution is 6.31. The van der Waals surface area contributed by atoms with E-state index in [9.17, 15) is 0 Å². The third-order valence-corrected chi connectivity index (χ3v) is 4.41. The van der Waals surface area contributed by atoms with Gasteiger partial charge in [0.25, 0.3) is 0 Å². The van der Waals surface area contributed by atoms with Crippen molar-refractivity contribution in [2.45, 2.75) is 51.2 Å². The van der Waals surface area contributed by atoms with E-state index in [1.165, 1.54) is 24.8 Å². The van der Waals surface area contributed by atoms with Gasteiger partial charge in [-0.2, -0.15) is 0 Å². The fourth-order valence-corrected chi connectivity index (χ4v) is 2.88. The highest BCUT2D eigenvalue weighted by atomic mass is 35.5. The standard InChI is InChI=1S/C16H24ClNO/c1-12-6-7-13(11-15(12)17)16(18-2)9-8-14-5-3-4-10-19-14/h6-7,11,14,16,18H,3-5,8-10H2,1-2H3. The lowest BCUT2D eigenvalue weighted by Crippen LogP contribution is -2.23. The second-order valence-corrected chi connectivity index (χ2v) is 5.82.